The maximum absolute atomic E-state index is 11.9. The molecular formula is C12H19N3O. The first-order chi connectivity index (χ1) is 7.59. The molecule has 0 spiro atoms. The predicted molar refractivity (Wildman–Crippen MR) is 63.3 cm³/mol. The topological polar surface area (TPSA) is 71.8 Å². The third kappa shape index (κ3) is 2.02. The van der Waals surface area contributed by atoms with Crippen LogP contribution < -0.4 is 11.3 Å². The Bertz CT molecular complexity index is 436. The standard InChI is InChI=1S/C12H19N3O/c1-7(2)10(13)11-14-9-6-4-3-5-8(9)12(16)15-11/h7,10H,3-6,13H2,1-2H3,(H,14,15,16). The van der Waals surface area contributed by atoms with E-state index in [1.165, 1.54) is 0 Å². The Balaban J connectivity index is 2.43. The Hall–Kier alpha value is -1.16. The van der Waals surface area contributed by atoms with Crippen LogP contribution in [0.5, 0.6) is 0 Å². The van der Waals surface area contributed by atoms with Crippen LogP contribution in [0.3, 0.4) is 0 Å². The number of nitrogens with two attached hydrogens (primary N) is 1. The number of H-pyrrole nitrogens is 1. The van der Waals surface area contributed by atoms with Gasteiger partial charge in [-0.3, -0.25) is 4.79 Å². The molecule has 4 nitrogen and oxygen atoms in total. The van der Waals surface area contributed by atoms with E-state index in [0.717, 1.165) is 36.9 Å². The highest BCUT2D eigenvalue weighted by atomic mass is 16.1. The summed E-state index contributed by atoms with van der Waals surface area (Å²) in [6, 6.07) is -0.181. The number of rotatable bonds is 2. The zero-order valence-corrected chi connectivity index (χ0v) is 9.92. The lowest BCUT2D eigenvalue weighted by Crippen LogP contribution is -2.28. The summed E-state index contributed by atoms with van der Waals surface area (Å²) in [5, 5.41) is 0. The summed E-state index contributed by atoms with van der Waals surface area (Å²) in [6.45, 7) is 4.06. The van der Waals surface area contributed by atoms with E-state index < -0.39 is 0 Å². The Labute approximate surface area is 95.3 Å². The van der Waals surface area contributed by atoms with Crippen molar-refractivity contribution < 1.29 is 0 Å². The highest BCUT2D eigenvalue weighted by molar-refractivity contribution is 5.21. The van der Waals surface area contributed by atoms with E-state index in [2.05, 4.69) is 9.97 Å². The second-order valence-electron chi connectivity index (χ2n) is 4.85. The second kappa shape index (κ2) is 4.37. The van der Waals surface area contributed by atoms with Crippen LogP contribution in [0.15, 0.2) is 4.79 Å². The van der Waals surface area contributed by atoms with Gasteiger partial charge in [-0.1, -0.05) is 13.8 Å². The van der Waals surface area contributed by atoms with Gasteiger partial charge in [0, 0.05) is 5.56 Å². The fourth-order valence-corrected chi connectivity index (χ4v) is 2.10. The van der Waals surface area contributed by atoms with Crippen LogP contribution in [-0.2, 0) is 12.8 Å². The molecule has 1 heterocycles. The average Bonchev–Trinajstić information content (AvgIpc) is 2.28. The van der Waals surface area contributed by atoms with Crippen molar-refractivity contribution in [2.75, 3.05) is 0 Å². The van der Waals surface area contributed by atoms with Crippen molar-refractivity contribution in [2.45, 2.75) is 45.6 Å². The molecule has 4 heteroatoms. The molecule has 1 aromatic rings. The fourth-order valence-electron chi connectivity index (χ4n) is 2.10. The maximum atomic E-state index is 11.9. The number of fused-ring (bicyclic) bond motifs is 1. The summed E-state index contributed by atoms with van der Waals surface area (Å²) in [7, 11) is 0. The summed E-state index contributed by atoms with van der Waals surface area (Å²) in [5.74, 6) is 0.922. The molecule has 16 heavy (non-hydrogen) atoms. The Morgan fingerprint density at radius 3 is 2.69 bits per heavy atom. The minimum Gasteiger partial charge on any atom is -0.321 e. The molecule has 2 rings (SSSR count). The minimum atomic E-state index is -0.181. The number of hydrogen-bond acceptors (Lipinski definition) is 3. The molecule has 0 fully saturated rings. The molecule has 0 saturated carbocycles. The molecular weight excluding hydrogens is 202 g/mol. The molecule has 3 N–H and O–H groups in total. The summed E-state index contributed by atoms with van der Waals surface area (Å²) >= 11 is 0. The zero-order chi connectivity index (χ0) is 11.7. The number of aryl methyl sites for hydroxylation is 1. The van der Waals surface area contributed by atoms with Gasteiger partial charge in [0.15, 0.2) is 0 Å². The molecule has 0 aliphatic heterocycles. The smallest absolute Gasteiger partial charge is 0.254 e. The Morgan fingerprint density at radius 2 is 2.00 bits per heavy atom. The van der Waals surface area contributed by atoms with Crippen LogP contribution in [-0.4, -0.2) is 9.97 Å². The van der Waals surface area contributed by atoms with E-state index in [9.17, 15) is 4.79 Å². The minimum absolute atomic E-state index is 0.0100. The molecule has 1 aliphatic carbocycles. The van der Waals surface area contributed by atoms with Crippen LogP contribution in [0.25, 0.3) is 0 Å². The van der Waals surface area contributed by atoms with Crippen molar-refractivity contribution >= 4 is 0 Å². The summed E-state index contributed by atoms with van der Waals surface area (Å²) in [4.78, 5) is 19.2. The van der Waals surface area contributed by atoms with Gasteiger partial charge < -0.3 is 10.7 Å². The van der Waals surface area contributed by atoms with Gasteiger partial charge in [-0.25, -0.2) is 4.98 Å². The molecule has 1 aliphatic rings. The summed E-state index contributed by atoms with van der Waals surface area (Å²) in [5.41, 5.74) is 7.84. The molecule has 0 bridgehead atoms. The number of hydrogen-bond donors (Lipinski definition) is 2. The molecule has 0 aromatic carbocycles. The Morgan fingerprint density at radius 1 is 1.31 bits per heavy atom. The number of aromatic amines is 1. The zero-order valence-electron chi connectivity index (χ0n) is 9.92. The third-order valence-corrected chi connectivity index (χ3v) is 3.24. The number of nitrogens with one attached hydrogen (secondary N) is 1. The van der Waals surface area contributed by atoms with Crippen LogP contribution >= 0.6 is 0 Å². The van der Waals surface area contributed by atoms with E-state index in [-0.39, 0.29) is 17.5 Å². The number of aromatic nitrogens is 2. The van der Waals surface area contributed by atoms with Gasteiger partial charge >= 0.3 is 0 Å². The lowest BCUT2D eigenvalue weighted by atomic mass is 9.96. The van der Waals surface area contributed by atoms with Crippen LogP contribution in [0.2, 0.25) is 0 Å². The van der Waals surface area contributed by atoms with E-state index in [4.69, 9.17) is 5.73 Å². The van der Waals surface area contributed by atoms with E-state index in [0.29, 0.717) is 5.82 Å². The molecule has 1 atom stereocenters. The quantitative estimate of drug-likeness (QED) is 0.790. The van der Waals surface area contributed by atoms with Gasteiger partial charge in [-0.05, 0) is 31.6 Å². The van der Waals surface area contributed by atoms with Crippen molar-refractivity contribution in [3.05, 3.63) is 27.4 Å². The highest BCUT2D eigenvalue weighted by Gasteiger charge is 2.19. The van der Waals surface area contributed by atoms with Gasteiger partial charge in [0.05, 0.1) is 11.7 Å². The number of nitrogens with zero attached hydrogens (tertiary/aromatic N) is 1. The van der Waals surface area contributed by atoms with Gasteiger partial charge in [-0.15, -0.1) is 0 Å². The monoisotopic (exact) mass is 221 g/mol. The molecule has 1 aromatic heterocycles. The van der Waals surface area contributed by atoms with E-state index in [1.807, 2.05) is 13.8 Å². The normalized spacial score (nSPS) is 17.2. The molecule has 88 valence electrons. The molecule has 0 amide bonds. The molecule has 0 saturated heterocycles. The summed E-state index contributed by atoms with van der Waals surface area (Å²) in [6.07, 6.45) is 3.99. The highest BCUT2D eigenvalue weighted by Crippen LogP contribution is 2.19. The average molecular weight is 221 g/mol. The van der Waals surface area contributed by atoms with E-state index in [1.54, 1.807) is 0 Å². The second-order valence-corrected chi connectivity index (χ2v) is 4.85. The maximum Gasteiger partial charge on any atom is 0.254 e. The third-order valence-electron chi connectivity index (χ3n) is 3.24. The van der Waals surface area contributed by atoms with Gasteiger partial charge in [0.2, 0.25) is 0 Å². The van der Waals surface area contributed by atoms with E-state index >= 15 is 0 Å². The Kier molecular flexibility index (Phi) is 3.10. The fraction of sp³-hybridized carbons (Fsp3) is 0.667. The lowest BCUT2D eigenvalue weighted by Gasteiger charge is -2.19. The van der Waals surface area contributed by atoms with Gasteiger partial charge in [0.1, 0.15) is 5.82 Å². The van der Waals surface area contributed by atoms with Gasteiger partial charge in [0.25, 0.3) is 5.56 Å². The van der Waals surface area contributed by atoms with Crippen LogP contribution in [0.4, 0.5) is 0 Å². The van der Waals surface area contributed by atoms with Crippen molar-refractivity contribution in [1.82, 2.24) is 9.97 Å². The first kappa shape index (κ1) is 11.3. The summed E-state index contributed by atoms with van der Waals surface area (Å²) < 4.78 is 0. The lowest BCUT2D eigenvalue weighted by molar-refractivity contribution is 0.483. The predicted octanol–water partition coefficient (Wildman–Crippen LogP) is 1.30. The van der Waals surface area contributed by atoms with Crippen molar-refractivity contribution in [2.24, 2.45) is 11.7 Å². The molecule has 0 radical (unpaired) electrons. The van der Waals surface area contributed by atoms with Crippen molar-refractivity contribution in [1.29, 1.82) is 0 Å². The van der Waals surface area contributed by atoms with Crippen molar-refractivity contribution in [3.63, 3.8) is 0 Å². The first-order valence-corrected chi connectivity index (χ1v) is 5.97. The van der Waals surface area contributed by atoms with Crippen LogP contribution in [0, 0.1) is 5.92 Å². The van der Waals surface area contributed by atoms with Crippen molar-refractivity contribution in [3.8, 4) is 0 Å². The largest absolute Gasteiger partial charge is 0.321 e. The molecule has 1 unspecified atom stereocenters. The van der Waals surface area contributed by atoms with Gasteiger partial charge in [-0.2, -0.15) is 0 Å². The van der Waals surface area contributed by atoms with Crippen LogP contribution in [0.1, 0.15) is 49.8 Å². The SMILES string of the molecule is CC(C)C(N)c1nc2c(c(=O)[nH]1)CCCC2. The first-order valence-electron chi connectivity index (χ1n) is 5.97.